The summed E-state index contributed by atoms with van der Waals surface area (Å²) in [6.07, 6.45) is -0.894. The normalized spacial score (nSPS) is 12.9. The first kappa shape index (κ1) is 16.5. The van der Waals surface area contributed by atoms with Crippen molar-refractivity contribution in [3.8, 4) is 0 Å². The number of hydrogen-bond donors (Lipinski definition) is 2. The van der Waals surface area contributed by atoms with Crippen LogP contribution in [0.1, 0.15) is 11.7 Å². The zero-order valence-corrected chi connectivity index (χ0v) is 13.4. The van der Waals surface area contributed by atoms with Crippen LogP contribution in [0.5, 0.6) is 0 Å². The van der Waals surface area contributed by atoms with Gasteiger partial charge >= 0.3 is 0 Å². The van der Waals surface area contributed by atoms with Crippen LogP contribution in [-0.2, 0) is 10.0 Å². The van der Waals surface area contributed by atoms with Crippen LogP contribution in [0.4, 0.5) is 5.69 Å². The monoisotopic (exact) mass is 320 g/mol. The molecule has 6 heteroatoms. The molecule has 0 aliphatic carbocycles. The summed E-state index contributed by atoms with van der Waals surface area (Å²) in [6, 6.07) is 15.4. The van der Waals surface area contributed by atoms with Crippen LogP contribution in [0.15, 0.2) is 59.5 Å². The molecule has 0 bridgehead atoms. The molecule has 0 radical (unpaired) electrons. The molecule has 22 heavy (non-hydrogen) atoms. The number of aliphatic hydroxyl groups is 1. The second kappa shape index (κ2) is 6.91. The molecule has 0 spiro atoms. The van der Waals surface area contributed by atoms with E-state index in [4.69, 9.17) is 0 Å². The van der Waals surface area contributed by atoms with E-state index in [-0.39, 0.29) is 11.4 Å². The summed E-state index contributed by atoms with van der Waals surface area (Å²) < 4.78 is 26.6. The largest absolute Gasteiger partial charge is 0.387 e. The van der Waals surface area contributed by atoms with E-state index in [2.05, 4.69) is 4.72 Å². The van der Waals surface area contributed by atoms with Crippen molar-refractivity contribution in [3.63, 3.8) is 0 Å². The molecule has 5 nitrogen and oxygen atoms in total. The number of aliphatic hydroxyl groups excluding tert-OH is 1. The van der Waals surface area contributed by atoms with Crippen LogP contribution in [0.3, 0.4) is 0 Å². The summed E-state index contributed by atoms with van der Waals surface area (Å²) in [6.45, 7) is -0.0709. The van der Waals surface area contributed by atoms with Crippen LogP contribution in [0.25, 0.3) is 0 Å². The second-order valence-electron chi connectivity index (χ2n) is 5.17. The van der Waals surface area contributed by atoms with Gasteiger partial charge in [0.1, 0.15) is 0 Å². The lowest BCUT2D eigenvalue weighted by atomic mass is 10.1. The third-order valence-corrected chi connectivity index (χ3v) is 4.75. The first-order chi connectivity index (χ1) is 10.4. The molecular formula is C16H20N2O3S. The van der Waals surface area contributed by atoms with Gasteiger partial charge in [-0.1, -0.05) is 30.3 Å². The first-order valence-corrected chi connectivity index (χ1v) is 8.38. The number of benzene rings is 2. The van der Waals surface area contributed by atoms with Crippen molar-refractivity contribution in [1.29, 1.82) is 0 Å². The van der Waals surface area contributed by atoms with Crippen LogP contribution >= 0.6 is 0 Å². The predicted molar refractivity (Wildman–Crippen MR) is 87.4 cm³/mol. The Morgan fingerprint density at radius 2 is 1.64 bits per heavy atom. The van der Waals surface area contributed by atoms with E-state index in [1.165, 1.54) is 12.1 Å². The number of nitrogens with one attached hydrogen (secondary N) is 1. The number of sulfonamides is 1. The summed E-state index contributed by atoms with van der Waals surface area (Å²) in [5, 5.41) is 10.1. The van der Waals surface area contributed by atoms with Gasteiger partial charge in [-0.15, -0.1) is 0 Å². The molecule has 0 fully saturated rings. The summed E-state index contributed by atoms with van der Waals surface area (Å²) in [5.74, 6) is 0. The average Bonchev–Trinajstić information content (AvgIpc) is 2.53. The minimum Gasteiger partial charge on any atom is -0.387 e. The topological polar surface area (TPSA) is 69.6 Å². The van der Waals surface area contributed by atoms with Crippen molar-refractivity contribution < 1.29 is 13.5 Å². The molecule has 1 unspecified atom stereocenters. The lowest BCUT2D eigenvalue weighted by Crippen LogP contribution is -2.28. The smallest absolute Gasteiger partial charge is 0.240 e. The molecule has 118 valence electrons. The van der Waals surface area contributed by atoms with Gasteiger partial charge in [0.05, 0.1) is 11.0 Å². The van der Waals surface area contributed by atoms with Gasteiger partial charge in [-0.3, -0.25) is 0 Å². The molecule has 2 rings (SSSR count). The van der Waals surface area contributed by atoms with E-state index in [0.29, 0.717) is 5.56 Å². The van der Waals surface area contributed by atoms with Crippen LogP contribution in [-0.4, -0.2) is 34.2 Å². The zero-order chi connectivity index (χ0) is 16.2. The molecule has 0 saturated heterocycles. The van der Waals surface area contributed by atoms with Gasteiger partial charge in [0.2, 0.25) is 10.0 Å². The standard InChI is InChI=1S/C16H20N2O3S/c1-18(2)14-10-8-13(9-11-14)16(19)12-17-22(20,21)15-6-4-3-5-7-15/h3-11,16-17,19H,12H2,1-2H3. The maximum atomic E-state index is 12.1. The quantitative estimate of drug-likeness (QED) is 0.851. The molecule has 1 atom stereocenters. The predicted octanol–water partition coefficient (Wildman–Crippen LogP) is 1.76. The van der Waals surface area contributed by atoms with Crippen molar-refractivity contribution in [2.45, 2.75) is 11.0 Å². The second-order valence-corrected chi connectivity index (χ2v) is 6.93. The Kier molecular flexibility index (Phi) is 5.18. The highest BCUT2D eigenvalue weighted by atomic mass is 32.2. The Morgan fingerprint density at radius 1 is 1.05 bits per heavy atom. The lowest BCUT2D eigenvalue weighted by molar-refractivity contribution is 0.182. The summed E-state index contributed by atoms with van der Waals surface area (Å²) in [7, 11) is 0.257. The Morgan fingerprint density at radius 3 is 2.18 bits per heavy atom. The van der Waals surface area contributed by atoms with Gasteiger partial charge in [-0.25, -0.2) is 13.1 Å². The molecule has 0 aliphatic heterocycles. The van der Waals surface area contributed by atoms with Gasteiger partial charge in [-0.2, -0.15) is 0 Å². The van der Waals surface area contributed by atoms with Crippen molar-refractivity contribution >= 4 is 15.7 Å². The van der Waals surface area contributed by atoms with Gasteiger partial charge in [0.25, 0.3) is 0 Å². The van der Waals surface area contributed by atoms with Gasteiger partial charge < -0.3 is 10.0 Å². The summed E-state index contributed by atoms with van der Waals surface area (Å²) in [5.41, 5.74) is 1.68. The molecule has 2 N–H and O–H groups in total. The maximum Gasteiger partial charge on any atom is 0.240 e. The molecular weight excluding hydrogens is 300 g/mol. The van der Waals surface area contributed by atoms with E-state index in [1.54, 1.807) is 30.3 Å². The molecule has 0 aromatic heterocycles. The van der Waals surface area contributed by atoms with E-state index < -0.39 is 16.1 Å². The molecule has 0 aliphatic rings. The van der Waals surface area contributed by atoms with Gasteiger partial charge in [-0.05, 0) is 29.8 Å². The number of hydrogen-bond acceptors (Lipinski definition) is 4. The maximum absolute atomic E-state index is 12.1. The highest BCUT2D eigenvalue weighted by Gasteiger charge is 2.16. The third kappa shape index (κ3) is 4.07. The van der Waals surface area contributed by atoms with Crippen molar-refractivity contribution in [3.05, 3.63) is 60.2 Å². The SMILES string of the molecule is CN(C)c1ccc(C(O)CNS(=O)(=O)c2ccccc2)cc1. The van der Waals surface area contributed by atoms with E-state index in [9.17, 15) is 13.5 Å². The van der Waals surface area contributed by atoms with E-state index in [0.717, 1.165) is 5.69 Å². The Bertz CT molecular complexity index is 698. The lowest BCUT2D eigenvalue weighted by Gasteiger charge is -2.16. The van der Waals surface area contributed by atoms with Crippen LogP contribution in [0, 0.1) is 0 Å². The third-order valence-electron chi connectivity index (χ3n) is 3.31. The van der Waals surface area contributed by atoms with Crippen LogP contribution in [0.2, 0.25) is 0 Å². The molecule has 2 aromatic carbocycles. The highest BCUT2D eigenvalue weighted by Crippen LogP contribution is 2.18. The van der Waals surface area contributed by atoms with Crippen molar-refractivity contribution in [1.82, 2.24) is 4.72 Å². The molecule has 0 saturated carbocycles. The van der Waals surface area contributed by atoms with E-state index >= 15 is 0 Å². The fourth-order valence-electron chi connectivity index (χ4n) is 1.98. The zero-order valence-electron chi connectivity index (χ0n) is 12.6. The van der Waals surface area contributed by atoms with Crippen molar-refractivity contribution in [2.24, 2.45) is 0 Å². The van der Waals surface area contributed by atoms with Crippen LogP contribution < -0.4 is 9.62 Å². The Labute approximate surface area is 131 Å². The van der Waals surface area contributed by atoms with Gasteiger partial charge in [0, 0.05) is 26.3 Å². The fraction of sp³-hybridized carbons (Fsp3) is 0.250. The first-order valence-electron chi connectivity index (χ1n) is 6.90. The number of rotatable bonds is 6. The molecule has 0 heterocycles. The minimum atomic E-state index is -3.60. The van der Waals surface area contributed by atoms with E-state index in [1.807, 2.05) is 31.1 Å². The fourth-order valence-corrected chi connectivity index (χ4v) is 3.04. The van der Waals surface area contributed by atoms with Crippen molar-refractivity contribution in [2.75, 3.05) is 25.5 Å². The number of nitrogens with zero attached hydrogens (tertiary/aromatic N) is 1. The summed E-state index contributed by atoms with van der Waals surface area (Å²) >= 11 is 0. The highest BCUT2D eigenvalue weighted by molar-refractivity contribution is 7.89. The Balaban J connectivity index is 2.02. The van der Waals surface area contributed by atoms with Gasteiger partial charge in [0.15, 0.2) is 0 Å². The minimum absolute atomic E-state index is 0.0709. The summed E-state index contributed by atoms with van der Waals surface area (Å²) in [4.78, 5) is 2.14. The molecule has 2 aromatic rings. The Hall–Kier alpha value is -1.89. The molecule has 0 amide bonds. The average molecular weight is 320 g/mol. The number of anilines is 1.